The normalized spacial score (nSPS) is 16.1. The zero-order valence-electron chi connectivity index (χ0n) is 11.0. The Balaban J connectivity index is 1.95. The van der Waals surface area contributed by atoms with Gasteiger partial charge in [0.1, 0.15) is 10.7 Å². The molecule has 1 aromatic carbocycles. The maximum atomic E-state index is 12.8. The molecule has 2 aromatic rings. The predicted octanol–water partition coefficient (Wildman–Crippen LogP) is 4.99. The predicted molar refractivity (Wildman–Crippen MR) is 78.1 cm³/mol. The highest BCUT2D eigenvalue weighted by Gasteiger charge is 2.22. The second kappa shape index (κ2) is 5.48. The third-order valence-corrected chi connectivity index (χ3v) is 4.83. The molecule has 106 valence electrons. The molecule has 1 saturated carbocycles. The van der Waals surface area contributed by atoms with Crippen molar-refractivity contribution >= 4 is 16.3 Å². The van der Waals surface area contributed by atoms with Gasteiger partial charge in [0.15, 0.2) is 0 Å². The molecule has 0 amide bonds. The number of benzene rings is 1. The van der Waals surface area contributed by atoms with E-state index in [0.29, 0.717) is 22.2 Å². The van der Waals surface area contributed by atoms with Gasteiger partial charge in [-0.2, -0.15) is 0 Å². The fourth-order valence-electron chi connectivity index (χ4n) is 2.73. The molecule has 0 radical (unpaired) electrons. The minimum Gasteiger partial charge on any atom is -0.389 e. The van der Waals surface area contributed by atoms with Crippen molar-refractivity contribution in [1.82, 2.24) is 4.98 Å². The Bertz CT molecular complexity index is 604. The van der Waals surface area contributed by atoms with Crippen molar-refractivity contribution in [1.29, 1.82) is 0 Å². The van der Waals surface area contributed by atoms with E-state index in [9.17, 15) is 8.78 Å². The van der Waals surface area contributed by atoms with E-state index in [-0.39, 0.29) is 5.56 Å². The van der Waals surface area contributed by atoms with Crippen LogP contribution in [0.1, 0.15) is 48.6 Å². The van der Waals surface area contributed by atoms with Crippen molar-refractivity contribution in [3.8, 4) is 11.3 Å². The van der Waals surface area contributed by atoms with Crippen LogP contribution in [-0.2, 0) is 0 Å². The molecule has 2 N–H and O–H groups in total. The SMILES string of the molecule is Nc1sc(C2CCCC2)nc1-c1cccc(C(F)F)c1. The number of hydrogen-bond donors (Lipinski definition) is 1. The van der Waals surface area contributed by atoms with E-state index in [1.165, 1.54) is 36.3 Å². The molecule has 1 fully saturated rings. The Morgan fingerprint density at radius 3 is 2.70 bits per heavy atom. The summed E-state index contributed by atoms with van der Waals surface area (Å²) in [6.07, 6.45) is 2.32. The van der Waals surface area contributed by atoms with Crippen LogP contribution in [0.4, 0.5) is 13.8 Å². The van der Waals surface area contributed by atoms with Crippen LogP contribution in [0.5, 0.6) is 0 Å². The summed E-state index contributed by atoms with van der Waals surface area (Å²) in [4.78, 5) is 4.61. The van der Waals surface area contributed by atoms with Gasteiger partial charge in [-0.3, -0.25) is 0 Å². The molecule has 1 heterocycles. The molecule has 0 spiro atoms. The second-order valence-corrected chi connectivity index (χ2v) is 6.23. The summed E-state index contributed by atoms with van der Waals surface area (Å²) in [5.41, 5.74) is 7.38. The molecule has 5 heteroatoms. The number of anilines is 1. The molecule has 0 atom stereocenters. The molecular weight excluding hydrogens is 278 g/mol. The molecule has 0 bridgehead atoms. The number of alkyl halides is 2. The van der Waals surface area contributed by atoms with Crippen LogP contribution < -0.4 is 5.73 Å². The highest BCUT2D eigenvalue weighted by Crippen LogP contribution is 2.41. The van der Waals surface area contributed by atoms with Crippen molar-refractivity contribution in [2.75, 3.05) is 5.73 Å². The molecule has 1 aliphatic rings. The van der Waals surface area contributed by atoms with Crippen molar-refractivity contribution in [2.24, 2.45) is 0 Å². The monoisotopic (exact) mass is 294 g/mol. The number of rotatable bonds is 3. The lowest BCUT2D eigenvalue weighted by Gasteiger charge is -2.04. The van der Waals surface area contributed by atoms with Crippen molar-refractivity contribution in [3.63, 3.8) is 0 Å². The molecular formula is C15H16F2N2S. The summed E-state index contributed by atoms with van der Waals surface area (Å²) in [6, 6.07) is 6.32. The molecule has 20 heavy (non-hydrogen) atoms. The quantitative estimate of drug-likeness (QED) is 0.866. The third kappa shape index (κ3) is 2.54. The van der Waals surface area contributed by atoms with E-state index >= 15 is 0 Å². The van der Waals surface area contributed by atoms with E-state index in [1.807, 2.05) is 0 Å². The van der Waals surface area contributed by atoms with Crippen LogP contribution in [0.3, 0.4) is 0 Å². The van der Waals surface area contributed by atoms with Gasteiger partial charge in [0.05, 0.1) is 5.01 Å². The Morgan fingerprint density at radius 2 is 2.00 bits per heavy atom. The Kier molecular flexibility index (Phi) is 3.70. The van der Waals surface area contributed by atoms with Gasteiger partial charge in [-0.1, -0.05) is 31.0 Å². The highest BCUT2D eigenvalue weighted by molar-refractivity contribution is 7.16. The van der Waals surface area contributed by atoms with Crippen LogP contribution >= 0.6 is 11.3 Å². The van der Waals surface area contributed by atoms with Gasteiger partial charge < -0.3 is 5.73 Å². The number of nitrogen functional groups attached to an aromatic ring is 1. The smallest absolute Gasteiger partial charge is 0.263 e. The topological polar surface area (TPSA) is 38.9 Å². The van der Waals surface area contributed by atoms with Crippen LogP contribution in [-0.4, -0.2) is 4.98 Å². The third-order valence-electron chi connectivity index (χ3n) is 3.79. The van der Waals surface area contributed by atoms with Crippen molar-refractivity contribution in [2.45, 2.75) is 38.0 Å². The number of hydrogen-bond acceptors (Lipinski definition) is 3. The van der Waals surface area contributed by atoms with E-state index in [0.717, 1.165) is 17.8 Å². The first-order valence-corrected chi connectivity index (χ1v) is 7.61. The van der Waals surface area contributed by atoms with E-state index in [1.54, 1.807) is 12.1 Å². The van der Waals surface area contributed by atoms with Gasteiger partial charge in [0.2, 0.25) is 0 Å². The molecule has 0 unspecified atom stereocenters. The Morgan fingerprint density at radius 1 is 1.25 bits per heavy atom. The molecule has 2 nitrogen and oxygen atoms in total. The number of aromatic nitrogens is 1. The second-order valence-electron chi connectivity index (χ2n) is 5.17. The molecule has 1 aromatic heterocycles. The van der Waals surface area contributed by atoms with Crippen molar-refractivity contribution in [3.05, 3.63) is 34.8 Å². The Labute approximate surface area is 120 Å². The number of thiazole rings is 1. The maximum Gasteiger partial charge on any atom is 0.263 e. The first kappa shape index (κ1) is 13.5. The molecule has 0 saturated heterocycles. The van der Waals surface area contributed by atoms with Crippen LogP contribution in [0.25, 0.3) is 11.3 Å². The van der Waals surface area contributed by atoms with Gasteiger partial charge >= 0.3 is 0 Å². The minimum atomic E-state index is -2.47. The fraction of sp³-hybridized carbons (Fsp3) is 0.400. The Hall–Kier alpha value is -1.49. The first-order chi connectivity index (χ1) is 9.65. The van der Waals surface area contributed by atoms with Gasteiger partial charge in [-0.05, 0) is 18.9 Å². The summed E-state index contributed by atoms with van der Waals surface area (Å²) in [5.74, 6) is 0.495. The zero-order valence-corrected chi connectivity index (χ0v) is 11.8. The van der Waals surface area contributed by atoms with E-state index in [4.69, 9.17) is 5.73 Å². The average Bonchev–Trinajstić information content (AvgIpc) is 3.07. The van der Waals surface area contributed by atoms with Crippen LogP contribution in [0, 0.1) is 0 Å². The van der Waals surface area contributed by atoms with E-state index in [2.05, 4.69) is 4.98 Å². The standard InChI is InChI=1S/C15H16F2N2S/c16-13(17)11-7-3-6-10(8-11)12-14(18)20-15(19-12)9-4-1-2-5-9/h3,6-9,13H,1-2,4-5,18H2. The lowest BCUT2D eigenvalue weighted by atomic mass is 10.1. The highest BCUT2D eigenvalue weighted by atomic mass is 32.1. The lowest BCUT2D eigenvalue weighted by Crippen LogP contribution is -1.92. The molecule has 1 aliphatic carbocycles. The van der Waals surface area contributed by atoms with Gasteiger partial charge in [-0.25, -0.2) is 13.8 Å². The molecule has 0 aliphatic heterocycles. The van der Waals surface area contributed by atoms with Gasteiger partial charge in [-0.15, -0.1) is 11.3 Å². The number of nitrogens with zero attached hydrogens (tertiary/aromatic N) is 1. The summed E-state index contributed by atoms with van der Waals surface area (Å²) >= 11 is 1.50. The van der Waals surface area contributed by atoms with Gasteiger partial charge in [0, 0.05) is 17.0 Å². The minimum absolute atomic E-state index is 0.0114. The van der Waals surface area contributed by atoms with E-state index < -0.39 is 6.43 Å². The van der Waals surface area contributed by atoms with Crippen LogP contribution in [0.2, 0.25) is 0 Å². The van der Waals surface area contributed by atoms with Gasteiger partial charge in [0.25, 0.3) is 6.43 Å². The fourth-order valence-corrected chi connectivity index (χ4v) is 3.75. The summed E-state index contributed by atoms with van der Waals surface area (Å²) < 4.78 is 25.5. The zero-order chi connectivity index (χ0) is 14.1. The summed E-state index contributed by atoms with van der Waals surface area (Å²) in [5, 5.41) is 1.68. The lowest BCUT2D eigenvalue weighted by molar-refractivity contribution is 0.151. The summed E-state index contributed by atoms with van der Waals surface area (Å²) in [7, 11) is 0. The van der Waals surface area contributed by atoms with Crippen molar-refractivity contribution < 1.29 is 8.78 Å². The number of nitrogens with two attached hydrogens (primary N) is 1. The summed E-state index contributed by atoms with van der Waals surface area (Å²) in [6.45, 7) is 0. The van der Waals surface area contributed by atoms with Crippen LogP contribution in [0.15, 0.2) is 24.3 Å². The first-order valence-electron chi connectivity index (χ1n) is 6.80. The largest absolute Gasteiger partial charge is 0.389 e. The maximum absolute atomic E-state index is 12.8. The molecule has 3 rings (SSSR count). The number of halogens is 2. The average molecular weight is 294 g/mol.